The molecule has 0 fully saturated rings. The first kappa shape index (κ1) is 15.0. The number of hydrogen-bond donors (Lipinski definition) is 1. The normalized spacial score (nSPS) is 11.5. The maximum atomic E-state index is 12.1. The summed E-state index contributed by atoms with van der Waals surface area (Å²) in [5, 5.41) is 0.517. The van der Waals surface area contributed by atoms with Crippen molar-refractivity contribution in [1.82, 2.24) is 4.72 Å². The second-order valence-corrected chi connectivity index (χ2v) is 6.73. The molecule has 0 aliphatic carbocycles. The molecule has 20 heavy (non-hydrogen) atoms. The van der Waals surface area contributed by atoms with E-state index in [4.69, 9.17) is 11.6 Å². The molecule has 2 aromatic rings. The predicted molar refractivity (Wildman–Crippen MR) is 81.5 cm³/mol. The van der Waals surface area contributed by atoms with Gasteiger partial charge in [-0.15, -0.1) is 0 Å². The Bertz CT molecular complexity index is 681. The van der Waals surface area contributed by atoms with Gasteiger partial charge in [-0.1, -0.05) is 35.9 Å². The maximum absolute atomic E-state index is 12.1. The van der Waals surface area contributed by atoms with Crippen LogP contribution in [-0.4, -0.2) is 15.0 Å². The van der Waals surface area contributed by atoms with Crippen LogP contribution in [0.2, 0.25) is 5.02 Å². The van der Waals surface area contributed by atoms with Crippen molar-refractivity contribution < 1.29 is 8.42 Å². The van der Waals surface area contributed by atoms with Gasteiger partial charge in [0, 0.05) is 11.6 Å². The Morgan fingerprint density at radius 3 is 2.35 bits per heavy atom. The molecule has 1 N–H and O–H groups in total. The summed E-state index contributed by atoms with van der Waals surface area (Å²) in [5.41, 5.74) is 2.31. The summed E-state index contributed by atoms with van der Waals surface area (Å²) in [4.78, 5) is 0.228. The molecule has 2 aromatic carbocycles. The maximum Gasteiger partial charge on any atom is 0.240 e. The Hall–Kier alpha value is -1.36. The summed E-state index contributed by atoms with van der Waals surface area (Å²) in [5.74, 6) is 0. The lowest BCUT2D eigenvalue weighted by Crippen LogP contribution is -2.26. The summed E-state index contributed by atoms with van der Waals surface area (Å²) in [7, 11) is -3.47. The number of aryl methyl sites for hydroxylation is 1. The molecule has 0 unspecified atom stereocenters. The highest BCUT2D eigenvalue weighted by molar-refractivity contribution is 7.89. The number of benzene rings is 2. The first-order valence-electron chi connectivity index (χ1n) is 6.29. The van der Waals surface area contributed by atoms with Crippen LogP contribution in [0.4, 0.5) is 0 Å². The Kier molecular flexibility index (Phi) is 4.81. The smallest absolute Gasteiger partial charge is 0.211 e. The van der Waals surface area contributed by atoms with E-state index in [1.165, 1.54) is 12.1 Å². The van der Waals surface area contributed by atoms with E-state index in [0.29, 0.717) is 18.0 Å². The molecule has 2 rings (SSSR count). The Labute approximate surface area is 124 Å². The van der Waals surface area contributed by atoms with Gasteiger partial charge in [0.25, 0.3) is 0 Å². The predicted octanol–water partition coefficient (Wildman–Crippen LogP) is 3.17. The van der Waals surface area contributed by atoms with Gasteiger partial charge in [0.1, 0.15) is 0 Å². The Morgan fingerprint density at radius 2 is 1.70 bits per heavy atom. The van der Waals surface area contributed by atoms with Crippen molar-refractivity contribution >= 4 is 21.6 Å². The van der Waals surface area contributed by atoms with Crippen LogP contribution < -0.4 is 4.72 Å². The van der Waals surface area contributed by atoms with E-state index in [-0.39, 0.29) is 4.90 Å². The molecule has 106 valence electrons. The van der Waals surface area contributed by atoms with Gasteiger partial charge in [-0.3, -0.25) is 0 Å². The Morgan fingerprint density at radius 1 is 1.05 bits per heavy atom. The average molecular weight is 310 g/mol. The second-order valence-electron chi connectivity index (χ2n) is 4.53. The topological polar surface area (TPSA) is 46.2 Å². The van der Waals surface area contributed by atoms with Crippen LogP contribution in [0.3, 0.4) is 0 Å². The molecule has 0 heterocycles. The second kappa shape index (κ2) is 6.39. The largest absolute Gasteiger partial charge is 0.240 e. The molecule has 0 saturated carbocycles. The van der Waals surface area contributed by atoms with Gasteiger partial charge in [0.05, 0.1) is 4.90 Å². The fourth-order valence-electron chi connectivity index (χ4n) is 1.91. The fourth-order valence-corrected chi connectivity index (χ4v) is 3.07. The molecule has 0 aliphatic rings. The van der Waals surface area contributed by atoms with E-state index in [0.717, 1.165) is 11.1 Å². The van der Waals surface area contributed by atoms with Gasteiger partial charge in [-0.2, -0.15) is 0 Å². The van der Waals surface area contributed by atoms with Gasteiger partial charge in [-0.25, -0.2) is 13.1 Å². The van der Waals surface area contributed by atoms with E-state index in [9.17, 15) is 8.42 Å². The lowest BCUT2D eigenvalue weighted by molar-refractivity contribution is 0.581. The van der Waals surface area contributed by atoms with E-state index in [2.05, 4.69) is 4.72 Å². The monoisotopic (exact) mass is 309 g/mol. The summed E-state index contributed by atoms with van der Waals surface area (Å²) in [6, 6.07) is 14.1. The van der Waals surface area contributed by atoms with Crippen molar-refractivity contribution in [2.75, 3.05) is 6.54 Å². The van der Waals surface area contributed by atoms with E-state index in [1.807, 2.05) is 31.2 Å². The third-order valence-electron chi connectivity index (χ3n) is 3.07. The third-order valence-corrected chi connectivity index (χ3v) is 4.80. The van der Waals surface area contributed by atoms with Crippen molar-refractivity contribution in [2.45, 2.75) is 18.2 Å². The summed E-state index contributed by atoms with van der Waals surface area (Å²) in [6.07, 6.45) is 0.666. The molecule has 3 nitrogen and oxygen atoms in total. The first-order chi connectivity index (χ1) is 9.49. The van der Waals surface area contributed by atoms with Gasteiger partial charge >= 0.3 is 0 Å². The molecule has 0 saturated heterocycles. The minimum atomic E-state index is -3.47. The van der Waals surface area contributed by atoms with Crippen LogP contribution >= 0.6 is 11.6 Å². The van der Waals surface area contributed by atoms with Crippen molar-refractivity contribution in [3.8, 4) is 0 Å². The van der Waals surface area contributed by atoms with Crippen molar-refractivity contribution in [1.29, 1.82) is 0 Å². The Balaban J connectivity index is 2.00. The molecule has 0 bridgehead atoms. The van der Waals surface area contributed by atoms with E-state index >= 15 is 0 Å². The summed E-state index contributed by atoms with van der Waals surface area (Å²) in [6.45, 7) is 2.39. The molecule has 0 atom stereocenters. The van der Waals surface area contributed by atoms with Crippen molar-refractivity contribution in [2.24, 2.45) is 0 Å². The highest BCUT2D eigenvalue weighted by Gasteiger charge is 2.12. The molecule has 0 aromatic heterocycles. The standard InChI is InChI=1S/C15H16ClNO2S/c1-12-4-2-3-5-13(12)10-11-17-20(18,19)15-8-6-14(16)7-9-15/h2-9,17H,10-11H2,1H3. The van der Waals surface area contributed by atoms with Gasteiger partial charge in [0.15, 0.2) is 0 Å². The number of sulfonamides is 1. The third kappa shape index (κ3) is 3.82. The van der Waals surface area contributed by atoms with Gasteiger partial charge in [0.2, 0.25) is 10.0 Å². The van der Waals surface area contributed by atoms with Crippen LogP contribution in [0.15, 0.2) is 53.4 Å². The summed E-state index contributed by atoms with van der Waals surface area (Å²) < 4.78 is 26.7. The minimum Gasteiger partial charge on any atom is -0.211 e. The van der Waals surface area contributed by atoms with Gasteiger partial charge in [-0.05, 0) is 48.7 Å². The van der Waals surface area contributed by atoms with Crippen LogP contribution in [0.1, 0.15) is 11.1 Å². The van der Waals surface area contributed by atoms with Crippen molar-refractivity contribution in [3.63, 3.8) is 0 Å². The SMILES string of the molecule is Cc1ccccc1CCNS(=O)(=O)c1ccc(Cl)cc1. The van der Waals surface area contributed by atoms with Gasteiger partial charge < -0.3 is 0 Å². The number of halogens is 1. The molecular formula is C15H16ClNO2S. The van der Waals surface area contributed by atoms with E-state index < -0.39 is 10.0 Å². The quantitative estimate of drug-likeness (QED) is 0.922. The molecule has 5 heteroatoms. The fraction of sp³-hybridized carbons (Fsp3) is 0.200. The average Bonchev–Trinajstić information content (AvgIpc) is 2.41. The van der Waals surface area contributed by atoms with E-state index in [1.54, 1.807) is 12.1 Å². The van der Waals surface area contributed by atoms with Crippen LogP contribution in [0, 0.1) is 6.92 Å². The molecular weight excluding hydrogens is 294 g/mol. The van der Waals surface area contributed by atoms with Crippen LogP contribution in [0.5, 0.6) is 0 Å². The van der Waals surface area contributed by atoms with Crippen molar-refractivity contribution in [3.05, 3.63) is 64.7 Å². The number of rotatable bonds is 5. The molecule has 0 amide bonds. The molecule has 0 spiro atoms. The lowest BCUT2D eigenvalue weighted by atomic mass is 10.1. The molecule has 0 radical (unpaired) electrons. The lowest BCUT2D eigenvalue weighted by Gasteiger charge is -2.08. The molecule has 0 aliphatic heterocycles. The van der Waals surface area contributed by atoms with Crippen LogP contribution in [0.25, 0.3) is 0 Å². The zero-order valence-corrected chi connectivity index (χ0v) is 12.7. The highest BCUT2D eigenvalue weighted by Crippen LogP contribution is 2.14. The zero-order chi connectivity index (χ0) is 14.6. The number of nitrogens with one attached hydrogen (secondary N) is 1. The number of hydrogen-bond acceptors (Lipinski definition) is 2. The summed E-state index contributed by atoms with van der Waals surface area (Å²) >= 11 is 5.75. The zero-order valence-electron chi connectivity index (χ0n) is 11.1. The minimum absolute atomic E-state index is 0.228. The van der Waals surface area contributed by atoms with Crippen LogP contribution in [-0.2, 0) is 16.4 Å². The first-order valence-corrected chi connectivity index (χ1v) is 8.15. The highest BCUT2D eigenvalue weighted by atomic mass is 35.5.